The summed E-state index contributed by atoms with van der Waals surface area (Å²) in [7, 11) is -3.20. The number of nitrogens with zero attached hydrogens (tertiary/aromatic N) is 2. The summed E-state index contributed by atoms with van der Waals surface area (Å²) in [5.41, 5.74) is -0.648. The normalized spacial score (nSPS) is 13.4. The van der Waals surface area contributed by atoms with Gasteiger partial charge in [-0.1, -0.05) is 11.6 Å². The SMILES string of the molecule is C[C@@H](NS(=O)(=O)c1cn(C)c(C(=O)Nc2cc(F)nc(F)c2)c1Cl)C(C)(F)F. The molecule has 0 unspecified atom stereocenters. The van der Waals surface area contributed by atoms with Crippen LogP contribution in [0.2, 0.25) is 5.02 Å². The second kappa shape index (κ2) is 7.68. The maximum Gasteiger partial charge on any atom is 0.273 e. The first kappa shape index (κ1) is 22.1. The van der Waals surface area contributed by atoms with Crippen LogP contribution in [0.25, 0.3) is 0 Å². The lowest BCUT2D eigenvalue weighted by molar-refractivity contribution is -0.00488. The Morgan fingerprint density at radius 3 is 2.32 bits per heavy atom. The van der Waals surface area contributed by atoms with Gasteiger partial charge >= 0.3 is 0 Å². The fraction of sp³-hybridized carbons (Fsp3) is 0.333. The van der Waals surface area contributed by atoms with E-state index >= 15 is 0 Å². The first-order valence-electron chi connectivity index (χ1n) is 7.61. The molecular weight excluding hydrogens is 428 g/mol. The highest BCUT2D eigenvalue weighted by molar-refractivity contribution is 7.89. The van der Waals surface area contributed by atoms with Crippen LogP contribution >= 0.6 is 11.6 Å². The quantitative estimate of drug-likeness (QED) is 0.531. The summed E-state index contributed by atoms with van der Waals surface area (Å²) >= 11 is 5.99. The molecule has 154 valence electrons. The van der Waals surface area contributed by atoms with Crippen LogP contribution in [0.15, 0.2) is 23.2 Å². The largest absolute Gasteiger partial charge is 0.344 e. The topological polar surface area (TPSA) is 93.1 Å². The second-order valence-corrected chi connectivity index (χ2v) is 8.08. The molecule has 0 bridgehead atoms. The maximum absolute atomic E-state index is 13.3. The summed E-state index contributed by atoms with van der Waals surface area (Å²) in [5, 5.41) is 1.60. The summed E-state index contributed by atoms with van der Waals surface area (Å²) in [4.78, 5) is 14.6. The molecule has 2 heterocycles. The zero-order valence-corrected chi connectivity index (χ0v) is 16.3. The van der Waals surface area contributed by atoms with E-state index in [1.165, 1.54) is 7.05 Å². The van der Waals surface area contributed by atoms with Crippen LogP contribution in [0.5, 0.6) is 0 Å². The zero-order valence-electron chi connectivity index (χ0n) is 14.7. The predicted molar refractivity (Wildman–Crippen MR) is 92.9 cm³/mol. The Balaban J connectivity index is 2.36. The Morgan fingerprint density at radius 1 is 1.29 bits per heavy atom. The van der Waals surface area contributed by atoms with E-state index in [0.29, 0.717) is 6.92 Å². The molecule has 0 saturated carbocycles. The number of nitrogens with one attached hydrogen (secondary N) is 2. The van der Waals surface area contributed by atoms with E-state index in [-0.39, 0.29) is 11.4 Å². The molecule has 2 aromatic rings. The molecule has 1 atom stereocenters. The number of amides is 1. The number of hydrogen-bond acceptors (Lipinski definition) is 4. The molecule has 2 rings (SSSR count). The van der Waals surface area contributed by atoms with Crippen molar-refractivity contribution in [2.75, 3.05) is 5.32 Å². The van der Waals surface area contributed by atoms with Gasteiger partial charge in [-0.2, -0.15) is 13.8 Å². The molecule has 0 saturated heterocycles. The van der Waals surface area contributed by atoms with Gasteiger partial charge in [0.25, 0.3) is 11.8 Å². The van der Waals surface area contributed by atoms with Crippen molar-refractivity contribution in [3.8, 4) is 0 Å². The van der Waals surface area contributed by atoms with Gasteiger partial charge in [0.1, 0.15) is 10.6 Å². The van der Waals surface area contributed by atoms with Crippen molar-refractivity contribution in [2.24, 2.45) is 7.05 Å². The van der Waals surface area contributed by atoms with Crippen molar-refractivity contribution in [3.05, 3.63) is 40.9 Å². The number of alkyl halides is 2. The average Bonchev–Trinajstić information content (AvgIpc) is 2.80. The average molecular weight is 443 g/mol. The Kier molecular flexibility index (Phi) is 6.07. The van der Waals surface area contributed by atoms with E-state index in [1.54, 1.807) is 4.72 Å². The number of carbonyl (C=O) groups is 1. The van der Waals surface area contributed by atoms with Gasteiger partial charge in [0.05, 0.1) is 16.8 Å². The fourth-order valence-electron chi connectivity index (χ4n) is 2.14. The van der Waals surface area contributed by atoms with E-state index in [0.717, 1.165) is 29.8 Å². The summed E-state index contributed by atoms with van der Waals surface area (Å²) in [5.74, 6) is -6.69. The van der Waals surface area contributed by atoms with E-state index in [2.05, 4.69) is 10.3 Å². The number of aromatic nitrogens is 2. The summed E-state index contributed by atoms with van der Waals surface area (Å²) in [6.45, 7) is 1.51. The second-order valence-electron chi connectivity index (χ2n) is 6.02. The van der Waals surface area contributed by atoms with Crippen molar-refractivity contribution >= 4 is 33.2 Å². The molecule has 0 spiro atoms. The minimum absolute atomic E-state index is 0.283. The number of sulfonamides is 1. The lowest BCUT2D eigenvalue weighted by atomic mass is 10.2. The maximum atomic E-state index is 13.3. The number of carbonyl (C=O) groups excluding carboxylic acids is 1. The number of hydrogen-bond donors (Lipinski definition) is 2. The lowest BCUT2D eigenvalue weighted by Gasteiger charge is -2.20. The molecule has 2 aromatic heterocycles. The number of rotatable bonds is 6. The first-order chi connectivity index (χ1) is 12.7. The highest BCUT2D eigenvalue weighted by Gasteiger charge is 2.36. The van der Waals surface area contributed by atoms with Crippen LogP contribution in [-0.2, 0) is 17.1 Å². The molecule has 13 heteroatoms. The number of anilines is 1. The highest BCUT2D eigenvalue weighted by Crippen LogP contribution is 2.29. The minimum Gasteiger partial charge on any atom is -0.344 e. The molecule has 1 amide bonds. The molecule has 0 fully saturated rings. The van der Waals surface area contributed by atoms with E-state index in [4.69, 9.17) is 11.6 Å². The van der Waals surface area contributed by atoms with Gasteiger partial charge in [0.2, 0.25) is 21.9 Å². The Bertz CT molecular complexity index is 1000. The van der Waals surface area contributed by atoms with Gasteiger partial charge in [-0.3, -0.25) is 4.79 Å². The molecule has 7 nitrogen and oxygen atoms in total. The summed E-state index contributed by atoms with van der Waals surface area (Å²) in [6.07, 6.45) is 0.952. The first-order valence-corrected chi connectivity index (χ1v) is 9.48. The van der Waals surface area contributed by atoms with Gasteiger partial charge in [-0.25, -0.2) is 21.9 Å². The van der Waals surface area contributed by atoms with Crippen LogP contribution in [-0.4, -0.2) is 35.8 Å². The Morgan fingerprint density at radius 2 is 1.82 bits per heavy atom. The van der Waals surface area contributed by atoms with Crippen LogP contribution in [0.4, 0.5) is 23.2 Å². The van der Waals surface area contributed by atoms with Crippen molar-refractivity contribution < 1.29 is 30.8 Å². The monoisotopic (exact) mass is 442 g/mol. The molecule has 0 aliphatic heterocycles. The van der Waals surface area contributed by atoms with Crippen molar-refractivity contribution in [1.82, 2.24) is 14.3 Å². The fourth-order valence-corrected chi connectivity index (χ4v) is 4.14. The molecule has 0 aliphatic carbocycles. The number of halogens is 5. The standard InChI is InChI=1S/C15H15ClF4N4O3S/c1-7(15(2,19)20)23-28(26,27)9-6-24(3)13(12(9)16)14(25)21-8-4-10(17)22-11(18)5-8/h4-7,23H,1-3H3,(H,21,22,25)/t7-/m1/s1. The van der Waals surface area contributed by atoms with E-state index in [1.807, 2.05) is 0 Å². The van der Waals surface area contributed by atoms with Crippen molar-refractivity contribution in [1.29, 1.82) is 0 Å². The summed E-state index contributed by atoms with van der Waals surface area (Å²) < 4.78 is 80.4. The molecule has 2 N–H and O–H groups in total. The number of pyridine rings is 1. The van der Waals surface area contributed by atoms with E-state index < -0.39 is 49.7 Å². The minimum atomic E-state index is -4.49. The lowest BCUT2D eigenvalue weighted by Crippen LogP contribution is -2.43. The number of aryl methyl sites for hydroxylation is 1. The smallest absolute Gasteiger partial charge is 0.273 e. The zero-order chi connectivity index (χ0) is 21.4. The Hall–Kier alpha value is -2.18. The molecule has 0 aromatic carbocycles. The third-order valence-electron chi connectivity index (χ3n) is 3.71. The Labute approximate surface area is 162 Å². The third-order valence-corrected chi connectivity index (χ3v) is 5.75. The van der Waals surface area contributed by atoms with Gasteiger partial charge in [0.15, 0.2) is 0 Å². The van der Waals surface area contributed by atoms with Crippen molar-refractivity contribution in [2.45, 2.75) is 30.7 Å². The van der Waals surface area contributed by atoms with Crippen LogP contribution in [0.1, 0.15) is 24.3 Å². The van der Waals surface area contributed by atoms with E-state index in [9.17, 15) is 30.8 Å². The van der Waals surface area contributed by atoms with Gasteiger partial charge in [0, 0.05) is 32.3 Å². The third kappa shape index (κ3) is 4.80. The van der Waals surface area contributed by atoms with Gasteiger partial charge < -0.3 is 9.88 Å². The van der Waals surface area contributed by atoms with Crippen molar-refractivity contribution in [3.63, 3.8) is 0 Å². The van der Waals surface area contributed by atoms with Gasteiger partial charge in [-0.05, 0) is 6.92 Å². The summed E-state index contributed by atoms with van der Waals surface area (Å²) in [6, 6.07) is -0.266. The molecule has 0 radical (unpaired) electrons. The molecule has 0 aliphatic rings. The molecular formula is C15H15ClF4N4O3S. The molecule has 28 heavy (non-hydrogen) atoms. The van der Waals surface area contributed by atoms with Crippen LogP contribution in [0, 0.1) is 11.9 Å². The highest BCUT2D eigenvalue weighted by atomic mass is 35.5. The van der Waals surface area contributed by atoms with Crippen LogP contribution < -0.4 is 10.0 Å². The van der Waals surface area contributed by atoms with Crippen LogP contribution in [0.3, 0.4) is 0 Å². The predicted octanol–water partition coefficient (Wildman–Crippen LogP) is 2.93. The van der Waals surface area contributed by atoms with Gasteiger partial charge in [-0.15, -0.1) is 0 Å².